The second-order valence-corrected chi connectivity index (χ2v) is 7.47. The molecule has 1 aliphatic rings. The molecule has 2 aromatic rings. The van der Waals surface area contributed by atoms with Crippen molar-refractivity contribution < 1.29 is 0 Å². The zero-order valence-corrected chi connectivity index (χ0v) is 17.1. The Kier molecular flexibility index (Phi) is 6.92. The number of aryl methyl sites for hydroxylation is 1. The van der Waals surface area contributed by atoms with E-state index >= 15 is 0 Å². The number of H-pyrrole nitrogens is 2. The normalized spacial score (nSPS) is 15.8. The molecule has 1 aliphatic heterocycles. The van der Waals surface area contributed by atoms with Crippen LogP contribution in [0.15, 0.2) is 52.4 Å². The summed E-state index contributed by atoms with van der Waals surface area (Å²) >= 11 is 0. The van der Waals surface area contributed by atoms with Gasteiger partial charge in [0.25, 0.3) is 0 Å². The van der Waals surface area contributed by atoms with Gasteiger partial charge in [-0.1, -0.05) is 46.0 Å². The van der Waals surface area contributed by atoms with Gasteiger partial charge in [-0.25, -0.2) is 4.99 Å². The van der Waals surface area contributed by atoms with Gasteiger partial charge in [0.2, 0.25) is 0 Å². The Morgan fingerprint density at radius 1 is 0.963 bits per heavy atom. The Bertz CT molecular complexity index is 816. The van der Waals surface area contributed by atoms with Gasteiger partial charge in [0, 0.05) is 18.1 Å². The van der Waals surface area contributed by atoms with Gasteiger partial charge < -0.3 is 9.97 Å². The molecule has 144 valence electrons. The van der Waals surface area contributed by atoms with E-state index in [1.807, 2.05) is 12.3 Å². The predicted octanol–water partition coefficient (Wildman–Crippen LogP) is 6.82. The van der Waals surface area contributed by atoms with Crippen molar-refractivity contribution in [2.75, 3.05) is 0 Å². The molecule has 3 nitrogen and oxygen atoms in total. The topological polar surface area (TPSA) is 43.9 Å². The molecule has 0 saturated carbocycles. The van der Waals surface area contributed by atoms with Gasteiger partial charge >= 0.3 is 0 Å². The van der Waals surface area contributed by atoms with Crippen LogP contribution in [-0.2, 0) is 6.42 Å². The molecule has 0 aromatic carbocycles. The molecule has 0 aliphatic carbocycles. The number of hydrogen-bond donors (Lipinski definition) is 2. The molecule has 3 heterocycles. The van der Waals surface area contributed by atoms with Gasteiger partial charge in [-0.15, -0.1) is 0 Å². The van der Waals surface area contributed by atoms with E-state index in [1.165, 1.54) is 60.9 Å². The van der Waals surface area contributed by atoms with Crippen LogP contribution in [0.1, 0.15) is 82.7 Å². The first-order valence-electron chi connectivity index (χ1n) is 10.6. The van der Waals surface area contributed by atoms with Gasteiger partial charge in [0.1, 0.15) is 0 Å². The standard InChI is InChI=1S/C24H33N3/c1-4-6-7-8-9-10-12-19-14-16-26-23(19)17-22-18(3)20(5-2)24(27-22)21-13-11-15-25-21/h11,13-17,25-26H,4-10,12H2,1-3H3/b22-17-. The lowest BCUT2D eigenvalue weighted by atomic mass is 10.0. The minimum Gasteiger partial charge on any atom is -0.361 e. The number of nitrogens with zero attached hydrogens (tertiary/aromatic N) is 1. The van der Waals surface area contributed by atoms with Crippen LogP contribution in [0.3, 0.4) is 0 Å². The average molecular weight is 364 g/mol. The highest BCUT2D eigenvalue weighted by atomic mass is 14.8. The fraction of sp³-hybridized carbons (Fsp3) is 0.458. The molecule has 2 aromatic heterocycles. The van der Waals surface area contributed by atoms with Gasteiger partial charge in [0.05, 0.1) is 17.1 Å². The lowest BCUT2D eigenvalue weighted by Gasteiger charge is -2.04. The van der Waals surface area contributed by atoms with Crippen LogP contribution in [0.4, 0.5) is 0 Å². The van der Waals surface area contributed by atoms with Crippen molar-refractivity contribution in [1.82, 2.24) is 9.97 Å². The third-order valence-electron chi connectivity index (χ3n) is 5.51. The van der Waals surface area contributed by atoms with E-state index < -0.39 is 0 Å². The maximum absolute atomic E-state index is 4.96. The van der Waals surface area contributed by atoms with Gasteiger partial charge in [-0.05, 0) is 67.2 Å². The van der Waals surface area contributed by atoms with E-state index in [1.54, 1.807) is 0 Å². The van der Waals surface area contributed by atoms with Gasteiger partial charge in [-0.2, -0.15) is 0 Å². The third kappa shape index (κ3) is 4.71. The molecule has 3 heteroatoms. The summed E-state index contributed by atoms with van der Waals surface area (Å²) in [7, 11) is 0. The minimum absolute atomic E-state index is 0.996. The maximum atomic E-state index is 4.96. The van der Waals surface area contributed by atoms with Crippen LogP contribution in [0.5, 0.6) is 0 Å². The molecule has 0 unspecified atom stereocenters. The molecule has 0 atom stereocenters. The molecule has 0 radical (unpaired) electrons. The number of aromatic nitrogens is 2. The Morgan fingerprint density at radius 3 is 2.52 bits per heavy atom. The monoisotopic (exact) mass is 363 g/mol. The van der Waals surface area contributed by atoms with Crippen LogP contribution in [0, 0.1) is 0 Å². The summed E-state index contributed by atoms with van der Waals surface area (Å²) in [4.78, 5) is 11.7. The summed E-state index contributed by atoms with van der Waals surface area (Å²) in [5.74, 6) is 0. The van der Waals surface area contributed by atoms with Crippen molar-refractivity contribution in [2.24, 2.45) is 4.99 Å². The number of aliphatic imine (C=N–C) groups is 1. The van der Waals surface area contributed by atoms with Crippen molar-refractivity contribution in [1.29, 1.82) is 0 Å². The van der Waals surface area contributed by atoms with Crippen LogP contribution < -0.4 is 0 Å². The number of hydrogen-bond acceptors (Lipinski definition) is 1. The lowest BCUT2D eigenvalue weighted by molar-refractivity contribution is 0.607. The summed E-state index contributed by atoms with van der Waals surface area (Å²) in [6.45, 7) is 6.67. The van der Waals surface area contributed by atoms with Crippen molar-refractivity contribution in [3.05, 3.63) is 64.4 Å². The van der Waals surface area contributed by atoms with Gasteiger partial charge in [0.15, 0.2) is 0 Å². The number of allylic oxidation sites excluding steroid dienone is 2. The fourth-order valence-corrected chi connectivity index (χ4v) is 3.88. The SMILES string of the molecule is CCCCCCCCc1cc[nH]c1/C=C1\N=C(c2ccc[nH]2)C(CC)=C1C. The Hall–Kier alpha value is -2.29. The molecular formula is C24H33N3. The van der Waals surface area contributed by atoms with E-state index in [9.17, 15) is 0 Å². The average Bonchev–Trinajstić information content (AvgIpc) is 3.40. The molecule has 0 spiro atoms. The smallest absolute Gasteiger partial charge is 0.0906 e. The van der Waals surface area contributed by atoms with E-state index in [-0.39, 0.29) is 0 Å². The maximum Gasteiger partial charge on any atom is 0.0906 e. The first-order chi connectivity index (χ1) is 13.2. The van der Waals surface area contributed by atoms with E-state index in [0.29, 0.717) is 0 Å². The Balaban J connectivity index is 1.72. The molecule has 2 N–H and O–H groups in total. The summed E-state index contributed by atoms with van der Waals surface area (Å²) < 4.78 is 0. The Labute approximate surface area is 163 Å². The van der Waals surface area contributed by atoms with Gasteiger partial charge in [-0.3, -0.25) is 0 Å². The molecule has 27 heavy (non-hydrogen) atoms. The van der Waals surface area contributed by atoms with Crippen LogP contribution in [0.25, 0.3) is 6.08 Å². The van der Waals surface area contributed by atoms with Crippen molar-refractivity contribution in [3.8, 4) is 0 Å². The number of unbranched alkanes of at least 4 members (excludes halogenated alkanes) is 5. The summed E-state index contributed by atoms with van der Waals surface area (Å²) in [6.07, 6.45) is 16.4. The Morgan fingerprint density at radius 2 is 1.78 bits per heavy atom. The summed E-state index contributed by atoms with van der Waals surface area (Å²) in [5, 5.41) is 0. The zero-order chi connectivity index (χ0) is 19.1. The molecule has 0 fully saturated rings. The highest BCUT2D eigenvalue weighted by Gasteiger charge is 2.21. The van der Waals surface area contributed by atoms with Crippen LogP contribution >= 0.6 is 0 Å². The van der Waals surface area contributed by atoms with E-state index in [2.05, 4.69) is 55.1 Å². The van der Waals surface area contributed by atoms with Crippen LogP contribution in [-0.4, -0.2) is 15.7 Å². The largest absolute Gasteiger partial charge is 0.361 e. The highest BCUT2D eigenvalue weighted by Crippen LogP contribution is 2.31. The first kappa shape index (κ1) is 19.5. The van der Waals surface area contributed by atoms with E-state index in [4.69, 9.17) is 4.99 Å². The second kappa shape index (κ2) is 9.59. The van der Waals surface area contributed by atoms with Crippen molar-refractivity contribution in [2.45, 2.75) is 72.1 Å². The second-order valence-electron chi connectivity index (χ2n) is 7.47. The molecule has 0 saturated heterocycles. The number of nitrogens with one attached hydrogen (secondary N) is 2. The lowest BCUT2D eigenvalue weighted by Crippen LogP contribution is -2.02. The predicted molar refractivity (Wildman–Crippen MR) is 116 cm³/mol. The number of rotatable bonds is 10. The van der Waals surface area contributed by atoms with Crippen molar-refractivity contribution >= 4 is 11.8 Å². The molecular weight excluding hydrogens is 330 g/mol. The summed E-state index contributed by atoms with van der Waals surface area (Å²) in [5.41, 5.74) is 8.54. The molecule has 3 rings (SSSR count). The third-order valence-corrected chi connectivity index (χ3v) is 5.51. The quantitative estimate of drug-likeness (QED) is 0.435. The van der Waals surface area contributed by atoms with Crippen LogP contribution in [0.2, 0.25) is 0 Å². The van der Waals surface area contributed by atoms with E-state index in [0.717, 1.165) is 29.9 Å². The molecule has 0 bridgehead atoms. The van der Waals surface area contributed by atoms with Crippen molar-refractivity contribution in [3.63, 3.8) is 0 Å². The highest BCUT2D eigenvalue weighted by molar-refractivity contribution is 6.15. The zero-order valence-electron chi connectivity index (χ0n) is 17.1. The first-order valence-corrected chi connectivity index (χ1v) is 10.6. The minimum atomic E-state index is 0.996. The fourth-order valence-electron chi connectivity index (χ4n) is 3.88. The number of aromatic amines is 2. The summed E-state index contributed by atoms with van der Waals surface area (Å²) in [6, 6.07) is 6.36. The molecule has 0 amide bonds.